The molecular formula is C18H18N4O3S. The van der Waals surface area contributed by atoms with Gasteiger partial charge in [-0.1, -0.05) is 13.0 Å². The van der Waals surface area contributed by atoms with Crippen molar-refractivity contribution in [1.29, 1.82) is 0 Å². The van der Waals surface area contributed by atoms with Gasteiger partial charge in [0.05, 0.1) is 18.3 Å². The van der Waals surface area contributed by atoms with Crippen LogP contribution in [0.1, 0.15) is 30.6 Å². The van der Waals surface area contributed by atoms with E-state index in [0.717, 1.165) is 10.4 Å². The van der Waals surface area contributed by atoms with Crippen molar-refractivity contribution in [3.63, 3.8) is 0 Å². The molecule has 1 N–H and O–H groups in total. The quantitative estimate of drug-likeness (QED) is 0.586. The summed E-state index contributed by atoms with van der Waals surface area (Å²) in [6.07, 6.45) is 2.21. The molecule has 0 spiro atoms. The minimum Gasteiger partial charge on any atom is -0.463 e. The van der Waals surface area contributed by atoms with Gasteiger partial charge < -0.3 is 9.73 Å². The van der Waals surface area contributed by atoms with Gasteiger partial charge in [-0.2, -0.15) is 5.10 Å². The van der Waals surface area contributed by atoms with Gasteiger partial charge in [0.15, 0.2) is 5.58 Å². The Balaban J connectivity index is 1.72. The molecule has 4 aromatic rings. The molecule has 8 heteroatoms. The molecule has 0 fully saturated rings. The lowest BCUT2D eigenvalue weighted by Crippen LogP contribution is -2.38. The maximum atomic E-state index is 12.9. The lowest BCUT2D eigenvalue weighted by Gasteiger charge is -2.16. The molecule has 0 bridgehead atoms. The molecule has 26 heavy (non-hydrogen) atoms. The lowest BCUT2D eigenvalue weighted by molar-refractivity contribution is -0.124. The van der Waals surface area contributed by atoms with Crippen molar-refractivity contribution in [1.82, 2.24) is 19.5 Å². The van der Waals surface area contributed by atoms with Crippen LogP contribution < -0.4 is 10.9 Å². The predicted molar refractivity (Wildman–Crippen MR) is 99.5 cm³/mol. The second-order valence-electron chi connectivity index (χ2n) is 6.03. The molecule has 4 aromatic heterocycles. The molecule has 4 heterocycles. The molecule has 0 aliphatic rings. The summed E-state index contributed by atoms with van der Waals surface area (Å²) in [5, 5.41) is 9.28. The number of nitrogens with one attached hydrogen (secondary N) is 1. The van der Waals surface area contributed by atoms with Crippen LogP contribution in [0.4, 0.5) is 0 Å². The number of aryl methyl sites for hydroxylation is 1. The number of amides is 1. The molecule has 0 saturated carbocycles. The molecule has 4 rings (SSSR count). The molecule has 0 aliphatic carbocycles. The molecule has 0 aliphatic heterocycles. The molecule has 1 atom stereocenters. The number of hydrogen-bond donors (Lipinski definition) is 1. The first-order valence-electron chi connectivity index (χ1n) is 8.40. The minimum atomic E-state index is -0.709. The Morgan fingerprint density at radius 3 is 2.96 bits per heavy atom. The summed E-state index contributed by atoms with van der Waals surface area (Å²) in [7, 11) is 0. The van der Waals surface area contributed by atoms with Gasteiger partial charge in [-0.3, -0.25) is 14.0 Å². The summed E-state index contributed by atoms with van der Waals surface area (Å²) in [6.45, 7) is 4.09. The summed E-state index contributed by atoms with van der Waals surface area (Å²) >= 11 is 1.57. The predicted octanol–water partition coefficient (Wildman–Crippen LogP) is 2.74. The molecular weight excluding hydrogens is 352 g/mol. The van der Waals surface area contributed by atoms with Crippen LogP contribution in [0.25, 0.3) is 16.6 Å². The second kappa shape index (κ2) is 6.45. The second-order valence-corrected chi connectivity index (χ2v) is 7.06. The van der Waals surface area contributed by atoms with E-state index in [-0.39, 0.29) is 11.5 Å². The van der Waals surface area contributed by atoms with Crippen LogP contribution in [0.3, 0.4) is 0 Å². The molecule has 0 radical (unpaired) electrons. The van der Waals surface area contributed by atoms with Gasteiger partial charge in [0.25, 0.3) is 5.56 Å². The number of hydrogen-bond acceptors (Lipinski definition) is 5. The number of rotatable bonds is 5. The Bertz CT molecular complexity index is 1140. The molecule has 134 valence electrons. The number of aromatic nitrogens is 3. The van der Waals surface area contributed by atoms with Gasteiger partial charge in [0.2, 0.25) is 5.91 Å². The Morgan fingerprint density at radius 1 is 1.38 bits per heavy atom. The Hall–Kier alpha value is -2.87. The highest BCUT2D eigenvalue weighted by molar-refractivity contribution is 7.09. The third-order valence-electron chi connectivity index (χ3n) is 4.41. The number of carbonyl (C=O) groups is 1. The van der Waals surface area contributed by atoms with E-state index in [0.29, 0.717) is 29.9 Å². The lowest BCUT2D eigenvalue weighted by atomic mass is 10.3. The normalized spacial score (nSPS) is 12.7. The van der Waals surface area contributed by atoms with Crippen molar-refractivity contribution in [2.75, 3.05) is 0 Å². The SMILES string of the molecule is CCc1nn(C(C)C(=O)NCc2cccs2)c(=O)c2cc3occc3n12. The topological polar surface area (TPSA) is 81.5 Å². The van der Waals surface area contributed by atoms with E-state index in [9.17, 15) is 9.59 Å². The van der Waals surface area contributed by atoms with Crippen LogP contribution in [0.5, 0.6) is 0 Å². The van der Waals surface area contributed by atoms with Crippen molar-refractivity contribution in [3.05, 3.63) is 57.0 Å². The van der Waals surface area contributed by atoms with E-state index in [2.05, 4.69) is 10.4 Å². The fraction of sp³-hybridized carbons (Fsp3) is 0.278. The van der Waals surface area contributed by atoms with Gasteiger partial charge in [-0.25, -0.2) is 4.68 Å². The van der Waals surface area contributed by atoms with Gasteiger partial charge in [-0.05, 0) is 18.4 Å². The van der Waals surface area contributed by atoms with Crippen molar-refractivity contribution in [2.24, 2.45) is 0 Å². The monoisotopic (exact) mass is 370 g/mol. The summed E-state index contributed by atoms with van der Waals surface area (Å²) in [5.41, 5.74) is 1.59. The van der Waals surface area contributed by atoms with E-state index in [4.69, 9.17) is 4.42 Å². The summed E-state index contributed by atoms with van der Waals surface area (Å²) in [6, 6.07) is 6.69. The van der Waals surface area contributed by atoms with Crippen LogP contribution in [-0.2, 0) is 17.8 Å². The highest BCUT2D eigenvalue weighted by Crippen LogP contribution is 2.21. The molecule has 0 saturated heterocycles. The molecule has 1 unspecified atom stereocenters. The first kappa shape index (κ1) is 16.6. The number of nitrogens with zero attached hydrogens (tertiary/aromatic N) is 3. The van der Waals surface area contributed by atoms with Crippen molar-refractivity contribution in [3.8, 4) is 0 Å². The summed E-state index contributed by atoms with van der Waals surface area (Å²) in [4.78, 5) is 26.5. The van der Waals surface area contributed by atoms with Crippen LogP contribution >= 0.6 is 11.3 Å². The maximum absolute atomic E-state index is 12.9. The molecule has 7 nitrogen and oxygen atoms in total. The maximum Gasteiger partial charge on any atom is 0.291 e. The van der Waals surface area contributed by atoms with Crippen molar-refractivity contribution in [2.45, 2.75) is 32.9 Å². The van der Waals surface area contributed by atoms with Crippen molar-refractivity contribution >= 4 is 33.9 Å². The van der Waals surface area contributed by atoms with E-state index in [1.165, 1.54) is 4.68 Å². The zero-order chi connectivity index (χ0) is 18.3. The van der Waals surface area contributed by atoms with Crippen molar-refractivity contribution < 1.29 is 9.21 Å². The van der Waals surface area contributed by atoms with Crippen LogP contribution in [0.15, 0.2) is 45.1 Å². The average Bonchev–Trinajstić information content (AvgIpc) is 3.37. The van der Waals surface area contributed by atoms with Crippen LogP contribution in [-0.4, -0.2) is 20.1 Å². The summed E-state index contributed by atoms with van der Waals surface area (Å²) in [5.74, 6) is 0.462. The first-order valence-corrected chi connectivity index (χ1v) is 9.28. The third kappa shape index (κ3) is 2.62. The van der Waals surface area contributed by atoms with E-state index >= 15 is 0 Å². The van der Waals surface area contributed by atoms with Crippen LogP contribution in [0, 0.1) is 0 Å². The minimum absolute atomic E-state index is 0.241. The van der Waals surface area contributed by atoms with Gasteiger partial charge in [0.1, 0.15) is 17.4 Å². The first-order chi connectivity index (χ1) is 12.6. The molecule has 0 aromatic carbocycles. The Kier molecular flexibility index (Phi) is 4.12. The zero-order valence-corrected chi connectivity index (χ0v) is 15.2. The van der Waals surface area contributed by atoms with E-state index in [1.54, 1.807) is 35.0 Å². The number of furan rings is 1. The zero-order valence-electron chi connectivity index (χ0n) is 14.4. The molecule has 1 amide bonds. The van der Waals surface area contributed by atoms with E-state index in [1.807, 2.05) is 30.5 Å². The third-order valence-corrected chi connectivity index (χ3v) is 5.29. The van der Waals surface area contributed by atoms with Gasteiger partial charge in [0, 0.05) is 23.4 Å². The standard InChI is InChI=1S/C18H18N4O3S/c1-3-16-20-22(11(2)17(23)19-10-12-5-4-8-26-12)18(24)14-9-15-13(21(14)16)6-7-25-15/h4-9,11H,3,10H2,1-2H3,(H,19,23). The van der Waals surface area contributed by atoms with Gasteiger partial charge in [-0.15, -0.1) is 11.3 Å². The number of thiophene rings is 1. The fourth-order valence-electron chi connectivity index (χ4n) is 3.03. The van der Waals surface area contributed by atoms with Gasteiger partial charge >= 0.3 is 0 Å². The Labute approximate surface area is 152 Å². The smallest absolute Gasteiger partial charge is 0.291 e. The fourth-order valence-corrected chi connectivity index (χ4v) is 3.67. The van der Waals surface area contributed by atoms with E-state index < -0.39 is 6.04 Å². The number of carbonyl (C=O) groups excluding carboxylic acids is 1. The largest absolute Gasteiger partial charge is 0.463 e. The Morgan fingerprint density at radius 2 is 2.23 bits per heavy atom. The average molecular weight is 370 g/mol. The number of fused-ring (bicyclic) bond motifs is 3. The highest BCUT2D eigenvalue weighted by atomic mass is 32.1. The van der Waals surface area contributed by atoms with Crippen LogP contribution in [0.2, 0.25) is 0 Å². The highest BCUT2D eigenvalue weighted by Gasteiger charge is 2.22. The summed E-state index contributed by atoms with van der Waals surface area (Å²) < 4.78 is 8.47.